The maximum absolute atomic E-state index is 12.7. The normalized spacial score (nSPS) is 17.0. The molecule has 6 heteroatoms. The van der Waals surface area contributed by atoms with Crippen LogP contribution in [0.2, 0.25) is 0 Å². The number of amides is 2. The van der Waals surface area contributed by atoms with E-state index in [0.717, 1.165) is 16.8 Å². The highest BCUT2D eigenvalue weighted by atomic mass is 35.5. The first-order valence-electron chi connectivity index (χ1n) is 8.49. The SMILES string of the molecule is CC(C)c1ccccc1N1C(=O)CS[C@@H]1c1cccc(NC(=O)CCl)c1. The lowest BCUT2D eigenvalue weighted by molar-refractivity contribution is -0.116. The van der Waals surface area contributed by atoms with Crippen LogP contribution in [0.5, 0.6) is 0 Å². The third-order valence-electron chi connectivity index (χ3n) is 4.26. The second-order valence-electron chi connectivity index (χ2n) is 6.45. The summed E-state index contributed by atoms with van der Waals surface area (Å²) in [6.45, 7) is 4.26. The molecule has 0 radical (unpaired) electrons. The maximum atomic E-state index is 12.7. The molecule has 1 atom stereocenters. The molecule has 2 aromatic carbocycles. The van der Waals surface area contributed by atoms with Crippen molar-refractivity contribution in [3.8, 4) is 0 Å². The number of carbonyl (C=O) groups excluding carboxylic acids is 2. The second kappa shape index (κ2) is 8.14. The Morgan fingerprint density at radius 1 is 1.27 bits per heavy atom. The average Bonchev–Trinajstić information content (AvgIpc) is 3.03. The Morgan fingerprint density at radius 2 is 2.04 bits per heavy atom. The van der Waals surface area contributed by atoms with Crippen LogP contribution in [0.4, 0.5) is 11.4 Å². The predicted octanol–water partition coefficient (Wildman–Crippen LogP) is 4.77. The number of benzene rings is 2. The van der Waals surface area contributed by atoms with Crippen LogP contribution >= 0.6 is 23.4 Å². The average molecular weight is 389 g/mol. The topological polar surface area (TPSA) is 49.4 Å². The summed E-state index contributed by atoms with van der Waals surface area (Å²) in [6, 6.07) is 15.6. The zero-order valence-electron chi connectivity index (χ0n) is 14.7. The molecule has 1 aliphatic heterocycles. The Labute approximate surface area is 162 Å². The molecule has 2 amide bonds. The fourth-order valence-corrected chi connectivity index (χ4v) is 4.32. The van der Waals surface area contributed by atoms with Gasteiger partial charge >= 0.3 is 0 Å². The molecule has 3 rings (SSSR count). The summed E-state index contributed by atoms with van der Waals surface area (Å²) in [5.41, 5.74) is 3.77. The molecular weight excluding hydrogens is 368 g/mol. The summed E-state index contributed by atoms with van der Waals surface area (Å²) in [4.78, 5) is 26.1. The molecule has 1 N–H and O–H groups in total. The van der Waals surface area contributed by atoms with Crippen LogP contribution in [-0.4, -0.2) is 23.4 Å². The third-order valence-corrected chi connectivity index (χ3v) is 5.72. The van der Waals surface area contributed by atoms with Gasteiger partial charge in [0.2, 0.25) is 11.8 Å². The van der Waals surface area contributed by atoms with Gasteiger partial charge < -0.3 is 5.32 Å². The van der Waals surface area contributed by atoms with Gasteiger partial charge in [0.25, 0.3) is 0 Å². The van der Waals surface area contributed by atoms with Crippen LogP contribution in [-0.2, 0) is 9.59 Å². The molecule has 2 aromatic rings. The zero-order valence-corrected chi connectivity index (χ0v) is 16.3. The Kier molecular flexibility index (Phi) is 5.89. The van der Waals surface area contributed by atoms with Crippen LogP contribution < -0.4 is 10.2 Å². The predicted molar refractivity (Wildman–Crippen MR) is 109 cm³/mol. The minimum Gasteiger partial charge on any atom is -0.325 e. The number of thioether (sulfide) groups is 1. The van der Waals surface area contributed by atoms with Gasteiger partial charge in [-0.15, -0.1) is 23.4 Å². The van der Waals surface area contributed by atoms with E-state index in [4.69, 9.17) is 11.6 Å². The molecule has 26 heavy (non-hydrogen) atoms. The lowest BCUT2D eigenvalue weighted by Gasteiger charge is -2.28. The van der Waals surface area contributed by atoms with Gasteiger partial charge in [-0.3, -0.25) is 14.5 Å². The van der Waals surface area contributed by atoms with Gasteiger partial charge in [0.05, 0.1) is 5.75 Å². The van der Waals surface area contributed by atoms with Crippen molar-refractivity contribution in [1.29, 1.82) is 0 Å². The second-order valence-corrected chi connectivity index (χ2v) is 7.78. The maximum Gasteiger partial charge on any atom is 0.239 e. The number of rotatable bonds is 5. The van der Waals surface area contributed by atoms with Gasteiger partial charge in [-0.1, -0.05) is 44.2 Å². The molecule has 1 saturated heterocycles. The van der Waals surface area contributed by atoms with E-state index in [1.54, 1.807) is 11.8 Å². The van der Waals surface area contributed by atoms with Gasteiger partial charge in [-0.2, -0.15) is 0 Å². The van der Waals surface area contributed by atoms with E-state index in [1.807, 2.05) is 47.4 Å². The molecule has 1 fully saturated rings. The van der Waals surface area contributed by atoms with Crippen molar-refractivity contribution in [3.05, 3.63) is 59.7 Å². The van der Waals surface area contributed by atoms with E-state index in [9.17, 15) is 9.59 Å². The van der Waals surface area contributed by atoms with Crippen LogP contribution in [0.1, 0.15) is 36.3 Å². The minimum absolute atomic E-state index is 0.0885. The van der Waals surface area contributed by atoms with Crippen molar-refractivity contribution in [3.63, 3.8) is 0 Å². The first-order chi connectivity index (χ1) is 12.5. The quantitative estimate of drug-likeness (QED) is 0.751. The molecule has 0 bridgehead atoms. The molecule has 0 aliphatic carbocycles. The monoisotopic (exact) mass is 388 g/mol. The summed E-state index contributed by atoms with van der Waals surface area (Å²) in [6.07, 6.45) is 0. The molecule has 4 nitrogen and oxygen atoms in total. The van der Waals surface area contributed by atoms with E-state index in [0.29, 0.717) is 17.4 Å². The van der Waals surface area contributed by atoms with E-state index in [2.05, 4.69) is 25.2 Å². The first-order valence-corrected chi connectivity index (χ1v) is 10.1. The molecule has 0 unspecified atom stereocenters. The number of hydrogen-bond acceptors (Lipinski definition) is 3. The number of hydrogen-bond donors (Lipinski definition) is 1. The summed E-state index contributed by atoms with van der Waals surface area (Å²) < 4.78 is 0. The summed E-state index contributed by atoms with van der Waals surface area (Å²) in [5.74, 6) is 0.522. The lowest BCUT2D eigenvalue weighted by atomic mass is 10.00. The number of carbonyl (C=O) groups is 2. The number of nitrogens with zero attached hydrogens (tertiary/aromatic N) is 1. The van der Waals surface area contributed by atoms with Gasteiger partial charge in [0.1, 0.15) is 11.3 Å². The van der Waals surface area contributed by atoms with Crippen LogP contribution in [0.25, 0.3) is 0 Å². The number of alkyl halides is 1. The highest BCUT2D eigenvalue weighted by Gasteiger charge is 2.35. The van der Waals surface area contributed by atoms with E-state index in [1.165, 1.54) is 0 Å². The van der Waals surface area contributed by atoms with Crippen molar-refractivity contribution in [2.24, 2.45) is 0 Å². The Bertz CT molecular complexity index is 825. The van der Waals surface area contributed by atoms with Crippen molar-refractivity contribution in [2.45, 2.75) is 25.1 Å². The molecule has 0 saturated carbocycles. The lowest BCUT2D eigenvalue weighted by Crippen LogP contribution is -2.29. The highest BCUT2D eigenvalue weighted by molar-refractivity contribution is 8.00. The van der Waals surface area contributed by atoms with Crippen molar-refractivity contribution in [1.82, 2.24) is 0 Å². The molecular formula is C20H21ClN2O2S. The Morgan fingerprint density at radius 3 is 2.77 bits per heavy atom. The first kappa shape index (κ1) is 18.8. The summed E-state index contributed by atoms with van der Waals surface area (Å²) >= 11 is 7.17. The van der Waals surface area contributed by atoms with Gasteiger partial charge in [-0.25, -0.2) is 0 Å². The van der Waals surface area contributed by atoms with Crippen LogP contribution in [0.15, 0.2) is 48.5 Å². The van der Waals surface area contributed by atoms with Crippen LogP contribution in [0.3, 0.4) is 0 Å². The van der Waals surface area contributed by atoms with E-state index >= 15 is 0 Å². The van der Waals surface area contributed by atoms with Crippen molar-refractivity contribution in [2.75, 3.05) is 21.8 Å². The fourth-order valence-electron chi connectivity index (χ4n) is 3.09. The van der Waals surface area contributed by atoms with Crippen molar-refractivity contribution >= 4 is 46.6 Å². The third kappa shape index (κ3) is 3.89. The summed E-state index contributed by atoms with van der Waals surface area (Å²) in [5, 5.41) is 2.65. The highest BCUT2D eigenvalue weighted by Crippen LogP contribution is 2.44. The molecule has 0 spiro atoms. The van der Waals surface area contributed by atoms with Gasteiger partial charge in [0, 0.05) is 11.4 Å². The van der Waals surface area contributed by atoms with Crippen LogP contribution in [0, 0.1) is 0 Å². The smallest absolute Gasteiger partial charge is 0.239 e. The van der Waals surface area contributed by atoms with E-state index in [-0.39, 0.29) is 23.1 Å². The molecule has 1 aliphatic rings. The molecule has 136 valence electrons. The van der Waals surface area contributed by atoms with E-state index < -0.39 is 0 Å². The minimum atomic E-state index is -0.249. The Hall–Kier alpha value is -1.98. The zero-order chi connectivity index (χ0) is 18.7. The standard InChI is InChI=1S/C20H21ClN2O2S/c1-13(2)16-8-3-4-9-17(16)23-19(25)12-26-20(23)14-6-5-7-15(10-14)22-18(24)11-21/h3-10,13,20H,11-12H2,1-2H3,(H,22,24)/t20-/m1/s1. The number of para-hydroxylation sites is 1. The Balaban J connectivity index is 1.97. The number of anilines is 2. The molecule has 0 aromatic heterocycles. The molecule has 1 heterocycles. The summed E-state index contributed by atoms with van der Waals surface area (Å²) in [7, 11) is 0. The fraction of sp³-hybridized carbons (Fsp3) is 0.300. The van der Waals surface area contributed by atoms with Gasteiger partial charge in [-0.05, 0) is 35.2 Å². The van der Waals surface area contributed by atoms with Gasteiger partial charge in [0.15, 0.2) is 0 Å². The van der Waals surface area contributed by atoms with Crippen molar-refractivity contribution < 1.29 is 9.59 Å². The number of halogens is 1. The number of nitrogens with one attached hydrogen (secondary N) is 1. The largest absolute Gasteiger partial charge is 0.325 e.